The van der Waals surface area contributed by atoms with E-state index >= 15 is 0 Å². The Kier molecular flexibility index (Phi) is 5.54. The molecule has 0 aliphatic carbocycles. The van der Waals surface area contributed by atoms with Crippen molar-refractivity contribution in [1.29, 1.82) is 0 Å². The number of alkyl halides is 3. The van der Waals surface area contributed by atoms with E-state index in [0.717, 1.165) is 27.2 Å². The Morgan fingerprint density at radius 1 is 1.13 bits per heavy atom. The molecule has 0 saturated carbocycles. The topological polar surface area (TPSA) is 89.7 Å². The summed E-state index contributed by atoms with van der Waals surface area (Å²) >= 11 is 1.17. The minimum absolute atomic E-state index is 0.0412. The molecule has 6 nitrogen and oxygen atoms in total. The van der Waals surface area contributed by atoms with E-state index in [0.29, 0.717) is 10.9 Å². The molecule has 2 heterocycles. The highest BCUT2D eigenvalue weighted by molar-refractivity contribution is 7.89. The smallest absolute Gasteiger partial charge is 0.371 e. The number of ether oxygens (including phenoxy) is 1. The van der Waals surface area contributed by atoms with Gasteiger partial charge in [-0.15, -0.1) is 11.3 Å². The zero-order valence-corrected chi connectivity index (χ0v) is 17.6. The highest BCUT2D eigenvalue weighted by Gasteiger charge is 2.41. The number of nitrogens with two attached hydrogens (primary N) is 1. The van der Waals surface area contributed by atoms with Gasteiger partial charge in [0.25, 0.3) is 5.91 Å². The van der Waals surface area contributed by atoms with Gasteiger partial charge in [0, 0.05) is 23.4 Å². The molecule has 1 aliphatic heterocycles. The molecule has 31 heavy (non-hydrogen) atoms. The average Bonchev–Trinajstić information content (AvgIpc) is 3.13. The summed E-state index contributed by atoms with van der Waals surface area (Å²) in [6.45, 7) is -0.394. The van der Waals surface area contributed by atoms with Gasteiger partial charge >= 0.3 is 6.18 Å². The Hall–Kier alpha value is -2.47. The van der Waals surface area contributed by atoms with Crippen LogP contribution in [0, 0.1) is 0 Å². The fourth-order valence-corrected chi connectivity index (χ4v) is 6.39. The number of morpholine rings is 1. The largest absolute Gasteiger partial charge is 0.417 e. The van der Waals surface area contributed by atoms with Crippen LogP contribution in [0.3, 0.4) is 0 Å². The highest BCUT2D eigenvalue weighted by atomic mass is 32.2. The number of sulfonamides is 1. The molecular formula is C20H17F3N2O4S2. The number of fused-ring (bicyclic) bond motifs is 1. The monoisotopic (exact) mass is 470 g/mol. The number of nitrogens with zero attached hydrogens (tertiary/aromatic N) is 1. The van der Waals surface area contributed by atoms with Crippen molar-refractivity contribution in [2.75, 3.05) is 19.7 Å². The van der Waals surface area contributed by atoms with Crippen molar-refractivity contribution in [3.05, 3.63) is 64.5 Å². The molecule has 0 spiro atoms. The van der Waals surface area contributed by atoms with Crippen molar-refractivity contribution in [3.8, 4) is 0 Å². The van der Waals surface area contributed by atoms with Crippen molar-refractivity contribution < 1.29 is 31.1 Å². The van der Waals surface area contributed by atoms with Gasteiger partial charge in [-0.2, -0.15) is 17.5 Å². The molecule has 1 saturated heterocycles. The molecule has 11 heteroatoms. The minimum atomic E-state index is -4.82. The van der Waals surface area contributed by atoms with Crippen LogP contribution in [0.2, 0.25) is 0 Å². The number of rotatable bonds is 4. The third kappa shape index (κ3) is 3.93. The van der Waals surface area contributed by atoms with E-state index in [4.69, 9.17) is 10.5 Å². The first-order chi connectivity index (χ1) is 14.6. The van der Waals surface area contributed by atoms with Gasteiger partial charge in [0.15, 0.2) is 0 Å². The summed E-state index contributed by atoms with van der Waals surface area (Å²) in [5.74, 6) is -0.679. The summed E-state index contributed by atoms with van der Waals surface area (Å²) in [5.41, 5.74) is 4.75. The van der Waals surface area contributed by atoms with Gasteiger partial charge in [-0.1, -0.05) is 30.3 Å². The normalized spacial score (nSPS) is 18.4. The Bertz CT molecular complexity index is 1250. The van der Waals surface area contributed by atoms with E-state index in [1.165, 1.54) is 17.4 Å². The first-order valence-electron chi connectivity index (χ1n) is 9.20. The summed E-state index contributed by atoms with van der Waals surface area (Å²) in [6, 6.07) is 11.2. The Morgan fingerprint density at radius 3 is 2.52 bits per heavy atom. The maximum absolute atomic E-state index is 13.4. The number of hydrogen-bond donors (Lipinski definition) is 1. The lowest BCUT2D eigenvalue weighted by molar-refractivity contribution is -0.139. The third-order valence-electron chi connectivity index (χ3n) is 5.02. The summed E-state index contributed by atoms with van der Waals surface area (Å²) in [7, 11) is -4.47. The summed E-state index contributed by atoms with van der Waals surface area (Å²) in [5, 5.41) is 0.696. The predicted molar refractivity (Wildman–Crippen MR) is 109 cm³/mol. The van der Waals surface area contributed by atoms with Crippen molar-refractivity contribution >= 4 is 37.4 Å². The number of benzene rings is 2. The summed E-state index contributed by atoms with van der Waals surface area (Å²) in [6.07, 6.45) is -5.67. The van der Waals surface area contributed by atoms with Crippen molar-refractivity contribution in [2.45, 2.75) is 17.2 Å². The van der Waals surface area contributed by atoms with Crippen LogP contribution in [0.1, 0.15) is 26.9 Å². The first-order valence-corrected chi connectivity index (χ1v) is 11.5. The second-order valence-corrected chi connectivity index (χ2v) is 9.88. The first kappa shape index (κ1) is 21.8. The van der Waals surface area contributed by atoms with E-state index in [1.54, 1.807) is 24.3 Å². The molecule has 1 atom stereocenters. The van der Waals surface area contributed by atoms with Crippen molar-refractivity contribution in [1.82, 2.24) is 4.31 Å². The number of hydrogen-bond acceptors (Lipinski definition) is 5. The fourth-order valence-electron chi connectivity index (χ4n) is 3.65. The second-order valence-electron chi connectivity index (χ2n) is 6.92. The van der Waals surface area contributed by atoms with E-state index in [9.17, 15) is 26.4 Å². The van der Waals surface area contributed by atoms with Crippen molar-refractivity contribution in [3.63, 3.8) is 0 Å². The molecule has 1 aromatic heterocycles. The molecule has 0 bridgehead atoms. The van der Waals surface area contributed by atoms with E-state index in [2.05, 4.69) is 0 Å². The number of primary amides is 1. The van der Waals surface area contributed by atoms with Gasteiger partial charge in [-0.05, 0) is 23.6 Å². The number of amides is 1. The van der Waals surface area contributed by atoms with E-state index in [-0.39, 0.29) is 24.6 Å². The standard InChI is InChI=1S/C20H17F3N2O4S2/c21-20(22,23)13-6-2-4-8-16(13)31(27,28)25-9-10-29-14(11-25)17-12-5-1-3-7-15(12)30-18(17)19(24)26/h1-8,14H,9-11H2,(H2,24,26). The maximum Gasteiger partial charge on any atom is 0.417 e. The molecule has 1 fully saturated rings. The van der Waals surface area contributed by atoms with Crippen molar-refractivity contribution in [2.24, 2.45) is 5.73 Å². The van der Waals surface area contributed by atoms with Crippen LogP contribution in [0.15, 0.2) is 53.4 Å². The van der Waals surface area contributed by atoms with Crippen LogP contribution in [-0.4, -0.2) is 38.3 Å². The quantitative estimate of drug-likeness (QED) is 0.629. The number of halogens is 3. The fraction of sp³-hybridized carbons (Fsp3) is 0.250. The number of thiophene rings is 1. The maximum atomic E-state index is 13.4. The molecule has 0 radical (unpaired) electrons. The van der Waals surface area contributed by atoms with Gasteiger partial charge in [0.1, 0.15) is 0 Å². The van der Waals surface area contributed by atoms with Crippen LogP contribution >= 0.6 is 11.3 Å². The van der Waals surface area contributed by atoms with Gasteiger partial charge in [-0.25, -0.2) is 8.42 Å². The van der Waals surface area contributed by atoms with Crippen LogP contribution in [0.5, 0.6) is 0 Å². The summed E-state index contributed by atoms with van der Waals surface area (Å²) < 4.78 is 74.0. The lowest BCUT2D eigenvalue weighted by atomic mass is 10.0. The number of carbonyl (C=O) groups excluding carboxylic acids is 1. The van der Waals surface area contributed by atoms with Crippen LogP contribution in [-0.2, 0) is 20.9 Å². The zero-order chi connectivity index (χ0) is 22.4. The van der Waals surface area contributed by atoms with Gasteiger partial charge < -0.3 is 10.5 Å². The molecule has 1 unspecified atom stereocenters. The zero-order valence-electron chi connectivity index (χ0n) is 15.9. The second kappa shape index (κ2) is 7.90. The van der Waals surface area contributed by atoms with Gasteiger partial charge in [0.05, 0.1) is 28.0 Å². The number of carbonyl (C=O) groups is 1. The Morgan fingerprint density at radius 2 is 1.81 bits per heavy atom. The van der Waals surface area contributed by atoms with Crippen LogP contribution in [0.25, 0.3) is 10.1 Å². The molecule has 4 rings (SSSR count). The molecule has 164 valence electrons. The van der Waals surface area contributed by atoms with Gasteiger partial charge in [-0.3, -0.25) is 4.79 Å². The SMILES string of the molecule is NC(=O)c1sc2ccccc2c1C1CN(S(=O)(=O)c2ccccc2C(F)(F)F)CCO1. The minimum Gasteiger partial charge on any atom is -0.371 e. The Labute approximate surface area is 180 Å². The highest BCUT2D eigenvalue weighted by Crippen LogP contribution is 2.40. The molecular weight excluding hydrogens is 453 g/mol. The van der Waals surface area contributed by atoms with E-state index in [1.807, 2.05) is 0 Å². The summed E-state index contributed by atoms with van der Waals surface area (Å²) in [4.78, 5) is 11.4. The van der Waals surface area contributed by atoms with Crippen LogP contribution < -0.4 is 5.73 Å². The van der Waals surface area contributed by atoms with Gasteiger partial charge in [0.2, 0.25) is 10.0 Å². The molecule has 2 N–H and O–H groups in total. The molecule has 2 aromatic carbocycles. The van der Waals surface area contributed by atoms with E-state index < -0.39 is 38.7 Å². The molecule has 3 aromatic rings. The lowest BCUT2D eigenvalue weighted by Crippen LogP contribution is -2.43. The lowest BCUT2D eigenvalue weighted by Gasteiger charge is -2.33. The predicted octanol–water partition coefficient (Wildman–Crippen LogP) is 3.78. The third-order valence-corrected chi connectivity index (χ3v) is 8.14. The Balaban J connectivity index is 1.75. The van der Waals surface area contributed by atoms with Crippen LogP contribution in [0.4, 0.5) is 13.2 Å². The molecule has 1 aliphatic rings. The average molecular weight is 470 g/mol. The molecule has 1 amide bonds.